The molecule has 0 atom stereocenters. The molecule has 24 heavy (non-hydrogen) atoms. The fourth-order valence-corrected chi connectivity index (χ4v) is 1.89. The third kappa shape index (κ3) is 8.27. The van der Waals surface area contributed by atoms with Gasteiger partial charge in [-0.1, -0.05) is 12.1 Å². The first kappa shape index (κ1) is 22.4. The Balaban J connectivity index is 0.00000529. The molecule has 0 heterocycles. The molecule has 6 nitrogen and oxygen atoms in total. The Morgan fingerprint density at radius 2 is 1.96 bits per heavy atom. The number of methoxy groups -OCH3 is 1. The van der Waals surface area contributed by atoms with Crippen molar-refractivity contribution < 1.29 is 23.0 Å². The highest BCUT2D eigenvalue weighted by molar-refractivity contribution is 14.0. The number of hydrogen-bond donors (Lipinski definition) is 1. The number of alkyl halides is 2. The zero-order valence-corrected chi connectivity index (χ0v) is 16.1. The summed E-state index contributed by atoms with van der Waals surface area (Å²) in [6.45, 7) is -1.90. The number of ether oxygens (including phenoxy) is 2. The van der Waals surface area contributed by atoms with Crippen LogP contribution in [-0.4, -0.2) is 51.2 Å². The van der Waals surface area contributed by atoms with Crippen LogP contribution in [0.15, 0.2) is 29.3 Å². The molecule has 0 radical (unpaired) electrons. The van der Waals surface area contributed by atoms with E-state index in [-0.39, 0.29) is 42.1 Å². The summed E-state index contributed by atoms with van der Waals surface area (Å²) in [6, 6.07) is 6.39. The zero-order valence-electron chi connectivity index (χ0n) is 13.8. The van der Waals surface area contributed by atoms with Crippen molar-refractivity contribution in [2.75, 3.05) is 27.7 Å². The molecule has 1 rings (SSSR count). The molecule has 0 aliphatic carbocycles. The fraction of sp³-hybridized carbons (Fsp3) is 0.467. The van der Waals surface area contributed by atoms with Gasteiger partial charge in [-0.15, -0.1) is 24.0 Å². The third-order valence-corrected chi connectivity index (χ3v) is 2.98. The van der Waals surface area contributed by atoms with Crippen LogP contribution in [0.4, 0.5) is 8.78 Å². The maximum absolute atomic E-state index is 12.1. The van der Waals surface area contributed by atoms with Crippen molar-refractivity contribution in [2.45, 2.75) is 19.6 Å². The minimum Gasteiger partial charge on any atom is -0.469 e. The predicted octanol–water partition coefficient (Wildman–Crippen LogP) is 2.48. The largest absolute Gasteiger partial charge is 0.469 e. The van der Waals surface area contributed by atoms with Crippen LogP contribution < -0.4 is 10.1 Å². The Bertz CT molecular complexity index is 527. The minimum absolute atomic E-state index is 0. The number of esters is 1. The lowest BCUT2D eigenvalue weighted by Crippen LogP contribution is -2.39. The molecule has 1 aromatic carbocycles. The van der Waals surface area contributed by atoms with Gasteiger partial charge in [0.1, 0.15) is 5.75 Å². The van der Waals surface area contributed by atoms with Crippen molar-refractivity contribution in [2.24, 2.45) is 4.99 Å². The van der Waals surface area contributed by atoms with Gasteiger partial charge in [0.05, 0.1) is 13.5 Å². The van der Waals surface area contributed by atoms with Gasteiger partial charge in [0.2, 0.25) is 0 Å². The lowest BCUT2D eigenvalue weighted by Gasteiger charge is -2.22. The van der Waals surface area contributed by atoms with Crippen molar-refractivity contribution in [1.29, 1.82) is 0 Å². The average Bonchev–Trinajstić information content (AvgIpc) is 2.52. The third-order valence-electron chi connectivity index (χ3n) is 2.98. The van der Waals surface area contributed by atoms with E-state index in [2.05, 4.69) is 19.8 Å². The number of carbonyl (C=O) groups is 1. The van der Waals surface area contributed by atoms with Crippen LogP contribution in [-0.2, 0) is 16.1 Å². The number of guanidine groups is 1. The van der Waals surface area contributed by atoms with Gasteiger partial charge in [-0.3, -0.25) is 9.79 Å². The van der Waals surface area contributed by atoms with Crippen LogP contribution in [0.5, 0.6) is 5.75 Å². The van der Waals surface area contributed by atoms with Crippen LogP contribution in [0.2, 0.25) is 0 Å². The molecule has 1 aromatic rings. The number of rotatable bonds is 7. The van der Waals surface area contributed by atoms with Gasteiger partial charge in [0, 0.05) is 27.2 Å². The second kappa shape index (κ2) is 11.8. The van der Waals surface area contributed by atoms with Crippen LogP contribution in [0.25, 0.3) is 0 Å². The summed E-state index contributed by atoms with van der Waals surface area (Å²) in [6.07, 6.45) is 0.239. The molecule has 0 bridgehead atoms. The molecule has 1 N–H and O–H groups in total. The smallest absolute Gasteiger partial charge is 0.387 e. The summed E-state index contributed by atoms with van der Waals surface area (Å²) in [7, 11) is 4.80. The highest BCUT2D eigenvalue weighted by Gasteiger charge is 2.09. The Morgan fingerprint density at radius 3 is 2.46 bits per heavy atom. The molecule has 0 amide bonds. The summed E-state index contributed by atoms with van der Waals surface area (Å²) in [4.78, 5) is 17.0. The number of nitrogens with one attached hydrogen (secondary N) is 1. The Hall–Kier alpha value is -1.65. The normalized spacial score (nSPS) is 10.8. The predicted molar refractivity (Wildman–Crippen MR) is 98.0 cm³/mol. The van der Waals surface area contributed by atoms with E-state index in [4.69, 9.17) is 0 Å². The van der Waals surface area contributed by atoms with Crippen molar-refractivity contribution in [3.8, 4) is 5.75 Å². The summed E-state index contributed by atoms with van der Waals surface area (Å²) in [5, 5.41) is 3.04. The van der Waals surface area contributed by atoms with E-state index in [0.29, 0.717) is 19.0 Å². The van der Waals surface area contributed by atoms with E-state index in [1.54, 1.807) is 19.2 Å². The van der Waals surface area contributed by atoms with E-state index in [1.807, 2.05) is 11.9 Å². The van der Waals surface area contributed by atoms with Gasteiger partial charge in [-0.05, 0) is 17.7 Å². The van der Waals surface area contributed by atoms with Gasteiger partial charge in [-0.25, -0.2) is 0 Å². The Kier molecular flexibility index (Phi) is 11.0. The summed E-state index contributed by atoms with van der Waals surface area (Å²) in [5.74, 6) is 0.430. The molecule has 0 aromatic heterocycles. The van der Waals surface area contributed by atoms with Gasteiger partial charge in [0.25, 0.3) is 0 Å². The number of benzene rings is 1. The number of halogens is 3. The topological polar surface area (TPSA) is 63.2 Å². The quantitative estimate of drug-likeness (QED) is 0.295. The number of hydrogen-bond acceptors (Lipinski definition) is 4. The van der Waals surface area contributed by atoms with Gasteiger partial charge < -0.3 is 19.7 Å². The summed E-state index contributed by atoms with van der Waals surface area (Å²) < 4.78 is 33.1. The average molecular weight is 457 g/mol. The molecule has 0 aliphatic rings. The molecular formula is C15H22F2IN3O3. The second-order valence-corrected chi connectivity index (χ2v) is 4.68. The first-order valence-electron chi connectivity index (χ1n) is 6.98. The van der Waals surface area contributed by atoms with Gasteiger partial charge in [-0.2, -0.15) is 8.78 Å². The first-order chi connectivity index (χ1) is 11.0. The van der Waals surface area contributed by atoms with Crippen LogP contribution in [0, 0.1) is 0 Å². The maximum Gasteiger partial charge on any atom is 0.387 e. The molecule has 0 spiro atoms. The van der Waals surface area contributed by atoms with Crippen LogP contribution >= 0.6 is 24.0 Å². The maximum atomic E-state index is 12.1. The fourth-order valence-electron chi connectivity index (χ4n) is 1.89. The molecular weight excluding hydrogens is 435 g/mol. The van der Waals surface area contributed by atoms with E-state index in [1.165, 1.54) is 19.2 Å². The lowest BCUT2D eigenvalue weighted by atomic mass is 10.2. The Labute approximate surface area is 157 Å². The van der Waals surface area contributed by atoms with E-state index >= 15 is 0 Å². The number of carbonyl (C=O) groups excluding carboxylic acids is 1. The minimum atomic E-state index is -2.83. The van der Waals surface area contributed by atoms with E-state index in [9.17, 15) is 13.6 Å². The van der Waals surface area contributed by atoms with Crippen molar-refractivity contribution >= 4 is 35.9 Å². The number of aliphatic imine (C=N–C) groups is 1. The van der Waals surface area contributed by atoms with E-state index in [0.717, 1.165) is 5.56 Å². The van der Waals surface area contributed by atoms with E-state index < -0.39 is 6.61 Å². The molecule has 0 fully saturated rings. The highest BCUT2D eigenvalue weighted by atomic mass is 127. The molecule has 9 heteroatoms. The Morgan fingerprint density at radius 1 is 1.33 bits per heavy atom. The molecule has 0 saturated carbocycles. The molecule has 136 valence electrons. The standard InChI is InChI=1S/C15H21F2N3O3.HI/c1-18-15(19-9-8-13(21)22-3)20(2)10-11-4-6-12(7-5-11)23-14(16)17;/h4-7,14H,8-10H2,1-3H3,(H,18,19);1H. The number of nitrogens with zero attached hydrogens (tertiary/aromatic N) is 2. The highest BCUT2D eigenvalue weighted by Crippen LogP contribution is 2.15. The monoisotopic (exact) mass is 457 g/mol. The summed E-state index contributed by atoms with van der Waals surface area (Å²) >= 11 is 0. The van der Waals surface area contributed by atoms with Crippen LogP contribution in [0.3, 0.4) is 0 Å². The van der Waals surface area contributed by atoms with Crippen LogP contribution in [0.1, 0.15) is 12.0 Å². The molecule has 0 aliphatic heterocycles. The second-order valence-electron chi connectivity index (χ2n) is 4.68. The zero-order chi connectivity index (χ0) is 17.2. The SMILES string of the molecule is CN=C(NCCC(=O)OC)N(C)Cc1ccc(OC(F)F)cc1.I. The summed E-state index contributed by atoms with van der Waals surface area (Å²) in [5.41, 5.74) is 0.907. The van der Waals surface area contributed by atoms with Gasteiger partial charge >= 0.3 is 12.6 Å². The molecule has 0 unspecified atom stereocenters. The van der Waals surface area contributed by atoms with Crippen molar-refractivity contribution in [1.82, 2.24) is 10.2 Å². The van der Waals surface area contributed by atoms with Crippen molar-refractivity contribution in [3.63, 3.8) is 0 Å². The van der Waals surface area contributed by atoms with Gasteiger partial charge in [0.15, 0.2) is 5.96 Å². The first-order valence-corrected chi connectivity index (χ1v) is 6.98. The molecule has 0 saturated heterocycles. The lowest BCUT2D eigenvalue weighted by molar-refractivity contribution is -0.140. The van der Waals surface area contributed by atoms with Crippen molar-refractivity contribution in [3.05, 3.63) is 29.8 Å².